The summed E-state index contributed by atoms with van der Waals surface area (Å²) in [6.45, 7) is 0. The Balaban J connectivity index is 2.00. The third kappa shape index (κ3) is 3.39. The fraction of sp³-hybridized carbons (Fsp3) is 0. The highest BCUT2D eigenvalue weighted by atomic mass is 32.2. The Morgan fingerprint density at radius 2 is 1.88 bits per heavy atom. The molecular formula is C15H11BN4O4S2. The molecule has 130 valence electrons. The molecule has 2 amide bonds. The number of sulfone groups is 1. The van der Waals surface area contributed by atoms with E-state index >= 15 is 0 Å². The lowest BCUT2D eigenvalue weighted by molar-refractivity contribution is 0.100. The largest absolute Gasteiger partial charge is 0.366 e. The first kappa shape index (κ1) is 17.9. The zero-order chi connectivity index (χ0) is 18.9. The lowest BCUT2D eigenvalue weighted by Gasteiger charge is -2.03. The zero-order valence-electron chi connectivity index (χ0n) is 13.1. The van der Waals surface area contributed by atoms with Gasteiger partial charge in [-0.2, -0.15) is 5.10 Å². The van der Waals surface area contributed by atoms with E-state index in [1.807, 2.05) is 0 Å². The molecule has 11 heteroatoms. The molecule has 1 aromatic carbocycles. The van der Waals surface area contributed by atoms with Crippen LogP contribution in [0.1, 0.15) is 20.8 Å². The molecule has 26 heavy (non-hydrogen) atoms. The minimum Gasteiger partial charge on any atom is -0.366 e. The molecule has 8 nitrogen and oxygen atoms in total. The lowest BCUT2D eigenvalue weighted by Crippen LogP contribution is -2.16. The molecule has 0 fully saturated rings. The summed E-state index contributed by atoms with van der Waals surface area (Å²) >= 11 is 0.733. The van der Waals surface area contributed by atoms with E-state index in [-0.39, 0.29) is 25.4 Å². The Hall–Kier alpha value is -2.92. The number of thiophene rings is 1. The molecule has 0 unspecified atom stereocenters. The van der Waals surface area contributed by atoms with Crippen molar-refractivity contribution >= 4 is 51.3 Å². The molecular weight excluding hydrogens is 375 g/mol. The van der Waals surface area contributed by atoms with Gasteiger partial charge in [0.15, 0.2) is 0 Å². The summed E-state index contributed by atoms with van der Waals surface area (Å²) in [7, 11) is 1.67. The van der Waals surface area contributed by atoms with Crippen LogP contribution in [0.25, 0.3) is 0 Å². The van der Waals surface area contributed by atoms with Gasteiger partial charge in [-0.15, -0.1) is 11.3 Å². The van der Waals surface area contributed by atoms with Crippen molar-refractivity contribution in [1.82, 2.24) is 10.2 Å². The van der Waals surface area contributed by atoms with Crippen LogP contribution in [0.5, 0.6) is 0 Å². The van der Waals surface area contributed by atoms with Gasteiger partial charge < -0.3 is 11.1 Å². The van der Waals surface area contributed by atoms with Gasteiger partial charge in [-0.1, -0.05) is 17.6 Å². The van der Waals surface area contributed by atoms with Crippen molar-refractivity contribution in [3.05, 3.63) is 53.9 Å². The second kappa shape index (κ2) is 6.77. The summed E-state index contributed by atoms with van der Waals surface area (Å²) in [6, 6.07) is 8.20. The van der Waals surface area contributed by atoms with E-state index in [0.717, 1.165) is 17.4 Å². The van der Waals surface area contributed by atoms with Crippen LogP contribution < -0.4 is 16.5 Å². The summed E-state index contributed by atoms with van der Waals surface area (Å²) in [4.78, 5) is 23.8. The average molecular weight is 386 g/mol. The van der Waals surface area contributed by atoms with Crippen molar-refractivity contribution in [2.75, 3.05) is 5.32 Å². The lowest BCUT2D eigenvalue weighted by atomic mass is 9.97. The molecule has 0 spiro atoms. The molecule has 0 atom stereocenters. The van der Waals surface area contributed by atoms with Crippen LogP contribution in [0.15, 0.2) is 51.7 Å². The van der Waals surface area contributed by atoms with Crippen molar-refractivity contribution in [2.24, 2.45) is 5.73 Å². The number of nitrogens with one attached hydrogen (secondary N) is 2. The molecule has 4 N–H and O–H groups in total. The monoisotopic (exact) mass is 386 g/mol. The van der Waals surface area contributed by atoms with E-state index in [4.69, 9.17) is 13.6 Å². The van der Waals surface area contributed by atoms with Crippen LogP contribution >= 0.6 is 11.3 Å². The van der Waals surface area contributed by atoms with Gasteiger partial charge in [0.25, 0.3) is 11.8 Å². The number of nitrogens with zero attached hydrogens (tertiary/aromatic N) is 1. The van der Waals surface area contributed by atoms with Gasteiger partial charge >= 0.3 is 0 Å². The summed E-state index contributed by atoms with van der Waals surface area (Å²) in [5.41, 5.74) is 5.78. The number of nitrogens with two attached hydrogens (primary N) is 1. The first-order chi connectivity index (χ1) is 12.3. The number of amides is 2. The van der Waals surface area contributed by atoms with Gasteiger partial charge in [0.2, 0.25) is 9.84 Å². The number of aromatic nitrogens is 2. The predicted molar refractivity (Wildman–Crippen MR) is 96.7 cm³/mol. The van der Waals surface area contributed by atoms with E-state index in [0.29, 0.717) is 5.46 Å². The van der Waals surface area contributed by atoms with E-state index in [1.54, 1.807) is 0 Å². The Bertz CT molecular complexity index is 1070. The first-order valence-corrected chi connectivity index (χ1v) is 9.44. The minimum absolute atomic E-state index is 0.00964. The second-order valence-electron chi connectivity index (χ2n) is 5.17. The highest BCUT2D eigenvalue weighted by molar-refractivity contribution is 7.93. The number of benzene rings is 1. The van der Waals surface area contributed by atoms with Gasteiger partial charge in [0.1, 0.15) is 22.8 Å². The standard InChI is InChI=1S/C15H11BN4O4S2/c16-8-1-3-9(4-2-8)26(23,24)12-7-10(13(17)21)15(25-12)19-14(22)11-5-6-18-20-11/h1-7H,(H2,17,21)(H,18,20)(H,19,22). The maximum atomic E-state index is 12.7. The van der Waals surface area contributed by atoms with E-state index < -0.39 is 21.7 Å². The summed E-state index contributed by atoms with van der Waals surface area (Å²) in [6.07, 6.45) is 1.38. The molecule has 2 radical (unpaired) electrons. The van der Waals surface area contributed by atoms with Gasteiger partial charge in [-0.05, 0) is 24.3 Å². The number of carbonyl (C=O) groups excluding carboxylic acids is 2. The summed E-state index contributed by atoms with van der Waals surface area (Å²) in [5, 5.41) is 8.63. The van der Waals surface area contributed by atoms with Gasteiger partial charge in [0, 0.05) is 6.20 Å². The fourth-order valence-corrected chi connectivity index (χ4v) is 4.86. The van der Waals surface area contributed by atoms with Crippen LogP contribution in [0.4, 0.5) is 5.00 Å². The highest BCUT2D eigenvalue weighted by Gasteiger charge is 2.25. The molecule has 0 saturated heterocycles. The van der Waals surface area contributed by atoms with Crippen LogP contribution in [0, 0.1) is 0 Å². The number of rotatable bonds is 5. The fourth-order valence-electron chi connectivity index (χ4n) is 2.09. The Labute approximate surface area is 153 Å². The molecule has 0 aliphatic rings. The molecule has 3 aromatic rings. The molecule has 3 rings (SSSR count). The van der Waals surface area contributed by atoms with Crippen LogP contribution in [-0.2, 0) is 9.84 Å². The SMILES string of the molecule is [B]c1ccc(S(=O)(=O)c2cc(C(N)=O)c(NC(=O)c3ccn[nH]3)s2)cc1. The number of anilines is 1. The Morgan fingerprint density at radius 3 is 2.46 bits per heavy atom. The summed E-state index contributed by atoms with van der Waals surface area (Å²) in [5.74, 6) is -1.44. The quantitative estimate of drug-likeness (QED) is 0.547. The third-order valence-corrected chi connectivity index (χ3v) is 6.70. The maximum absolute atomic E-state index is 12.7. The van der Waals surface area contributed by atoms with E-state index in [9.17, 15) is 18.0 Å². The molecule has 0 bridgehead atoms. The van der Waals surface area contributed by atoms with Crippen molar-refractivity contribution < 1.29 is 18.0 Å². The number of primary amides is 1. The van der Waals surface area contributed by atoms with Gasteiger partial charge in [-0.25, -0.2) is 8.42 Å². The minimum atomic E-state index is -3.90. The van der Waals surface area contributed by atoms with Crippen molar-refractivity contribution in [3.8, 4) is 0 Å². The number of hydrogen-bond acceptors (Lipinski definition) is 6. The van der Waals surface area contributed by atoms with Gasteiger partial charge in [-0.3, -0.25) is 14.7 Å². The summed E-state index contributed by atoms with van der Waals surface area (Å²) < 4.78 is 25.3. The number of hydrogen-bond donors (Lipinski definition) is 3. The number of H-pyrrole nitrogens is 1. The molecule has 2 aromatic heterocycles. The Kier molecular flexibility index (Phi) is 4.66. The topological polar surface area (TPSA) is 135 Å². The number of aromatic amines is 1. The van der Waals surface area contributed by atoms with Crippen molar-refractivity contribution in [1.29, 1.82) is 0 Å². The van der Waals surface area contributed by atoms with Crippen LogP contribution in [0.2, 0.25) is 0 Å². The smallest absolute Gasteiger partial charge is 0.274 e. The average Bonchev–Trinajstić information content (AvgIpc) is 3.25. The van der Waals surface area contributed by atoms with Crippen molar-refractivity contribution in [2.45, 2.75) is 9.10 Å². The Morgan fingerprint density at radius 1 is 1.19 bits per heavy atom. The van der Waals surface area contributed by atoms with Gasteiger partial charge in [0.05, 0.1) is 10.5 Å². The number of carbonyl (C=O) groups is 2. The molecule has 0 aliphatic heterocycles. The van der Waals surface area contributed by atoms with Crippen molar-refractivity contribution in [3.63, 3.8) is 0 Å². The van der Waals surface area contributed by atoms with E-state index in [1.165, 1.54) is 36.5 Å². The first-order valence-electron chi connectivity index (χ1n) is 7.14. The highest BCUT2D eigenvalue weighted by Crippen LogP contribution is 2.34. The predicted octanol–water partition coefficient (Wildman–Crippen LogP) is 0.449. The van der Waals surface area contributed by atoms with E-state index in [2.05, 4.69) is 15.5 Å². The molecule has 2 heterocycles. The third-order valence-electron chi connectivity index (χ3n) is 3.40. The maximum Gasteiger partial charge on any atom is 0.274 e. The normalized spacial score (nSPS) is 11.2. The van der Waals surface area contributed by atoms with Crippen LogP contribution in [0.3, 0.4) is 0 Å². The molecule has 0 aliphatic carbocycles. The zero-order valence-corrected chi connectivity index (χ0v) is 14.7. The van der Waals surface area contributed by atoms with Crippen LogP contribution in [-0.4, -0.2) is 38.3 Å². The second-order valence-corrected chi connectivity index (χ2v) is 8.40. The molecule has 0 saturated carbocycles.